The van der Waals surface area contributed by atoms with Crippen LogP contribution in [0.25, 0.3) is 10.9 Å². The highest BCUT2D eigenvalue weighted by molar-refractivity contribution is 5.81. The fraction of sp³-hybridized carbons (Fsp3) is 0.200. The highest BCUT2D eigenvalue weighted by Gasteiger charge is 2.00. The molecule has 0 aliphatic carbocycles. The number of anilines is 1. The number of nitrogens with one attached hydrogen (secondary N) is 2. The van der Waals surface area contributed by atoms with E-state index in [9.17, 15) is 0 Å². The van der Waals surface area contributed by atoms with E-state index in [4.69, 9.17) is 0 Å². The molecule has 19 heavy (non-hydrogen) atoms. The van der Waals surface area contributed by atoms with Crippen LogP contribution in [0.3, 0.4) is 0 Å². The summed E-state index contributed by atoms with van der Waals surface area (Å²) >= 11 is 0. The Balaban J connectivity index is 1.78. The third kappa shape index (κ3) is 2.57. The van der Waals surface area contributed by atoms with E-state index in [1.54, 1.807) is 12.4 Å². The number of fused-ring (bicyclic) bond motifs is 1. The Morgan fingerprint density at radius 1 is 1.16 bits per heavy atom. The summed E-state index contributed by atoms with van der Waals surface area (Å²) in [6, 6.07) is 8.58. The van der Waals surface area contributed by atoms with Gasteiger partial charge in [-0.05, 0) is 43.0 Å². The number of rotatable bonds is 3. The Kier molecular flexibility index (Phi) is 2.91. The minimum atomic E-state index is 0.748. The lowest BCUT2D eigenvalue weighted by Crippen LogP contribution is -2.02. The SMILES string of the molecule is Cc1cncc(NCc2ccc3[nH]c(C)cc3c2)n1. The third-order valence-corrected chi connectivity index (χ3v) is 3.05. The Hall–Kier alpha value is -2.36. The van der Waals surface area contributed by atoms with Gasteiger partial charge < -0.3 is 10.3 Å². The molecule has 0 saturated heterocycles. The van der Waals surface area contributed by atoms with Crippen molar-refractivity contribution in [2.24, 2.45) is 0 Å². The molecule has 0 amide bonds. The molecular weight excluding hydrogens is 236 g/mol. The molecule has 2 N–H and O–H groups in total. The molecule has 0 saturated carbocycles. The van der Waals surface area contributed by atoms with Gasteiger partial charge in [0, 0.05) is 24.0 Å². The monoisotopic (exact) mass is 252 g/mol. The van der Waals surface area contributed by atoms with Crippen LogP contribution in [0.15, 0.2) is 36.7 Å². The Morgan fingerprint density at radius 3 is 2.89 bits per heavy atom. The molecule has 1 aromatic carbocycles. The third-order valence-electron chi connectivity index (χ3n) is 3.05. The molecule has 0 spiro atoms. The number of aryl methyl sites for hydroxylation is 2. The quantitative estimate of drug-likeness (QED) is 0.752. The van der Waals surface area contributed by atoms with Gasteiger partial charge in [0.1, 0.15) is 5.82 Å². The van der Waals surface area contributed by atoms with E-state index in [2.05, 4.69) is 51.5 Å². The molecule has 4 heteroatoms. The molecule has 0 fully saturated rings. The van der Waals surface area contributed by atoms with Crippen molar-refractivity contribution >= 4 is 16.7 Å². The first kappa shape index (κ1) is 11.7. The first-order valence-electron chi connectivity index (χ1n) is 6.31. The van der Waals surface area contributed by atoms with Crippen molar-refractivity contribution in [1.82, 2.24) is 15.0 Å². The van der Waals surface area contributed by atoms with Crippen LogP contribution in [0.4, 0.5) is 5.82 Å². The summed E-state index contributed by atoms with van der Waals surface area (Å²) in [6.45, 7) is 4.76. The average Bonchev–Trinajstić information content (AvgIpc) is 2.75. The lowest BCUT2D eigenvalue weighted by molar-refractivity contribution is 1.06. The second-order valence-electron chi connectivity index (χ2n) is 4.77. The topological polar surface area (TPSA) is 53.6 Å². The number of aromatic amines is 1. The molecule has 4 nitrogen and oxygen atoms in total. The van der Waals surface area contributed by atoms with Crippen LogP contribution in [0.1, 0.15) is 17.0 Å². The van der Waals surface area contributed by atoms with Gasteiger partial charge in [-0.1, -0.05) is 6.07 Å². The fourth-order valence-corrected chi connectivity index (χ4v) is 2.18. The molecular formula is C15H16N4. The lowest BCUT2D eigenvalue weighted by Gasteiger charge is -2.06. The number of hydrogen-bond donors (Lipinski definition) is 2. The van der Waals surface area contributed by atoms with Crippen molar-refractivity contribution in [3.8, 4) is 0 Å². The largest absolute Gasteiger partial charge is 0.365 e. The van der Waals surface area contributed by atoms with Crippen LogP contribution in [-0.2, 0) is 6.54 Å². The van der Waals surface area contributed by atoms with Gasteiger partial charge in [0.05, 0.1) is 11.9 Å². The van der Waals surface area contributed by atoms with E-state index in [1.807, 2.05) is 6.92 Å². The summed E-state index contributed by atoms with van der Waals surface area (Å²) in [7, 11) is 0. The second-order valence-corrected chi connectivity index (χ2v) is 4.77. The van der Waals surface area contributed by atoms with Gasteiger partial charge in [0.15, 0.2) is 0 Å². The van der Waals surface area contributed by atoms with Crippen molar-refractivity contribution in [3.05, 3.63) is 53.6 Å². The van der Waals surface area contributed by atoms with E-state index >= 15 is 0 Å². The van der Waals surface area contributed by atoms with Gasteiger partial charge in [-0.2, -0.15) is 0 Å². The average molecular weight is 252 g/mol. The van der Waals surface area contributed by atoms with E-state index in [0.29, 0.717) is 0 Å². The molecule has 0 radical (unpaired) electrons. The highest BCUT2D eigenvalue weighted by atomic mass is 15.0. The molecule has 96 valence electrons. The van der Waals surface area contributed by atoms with Crippen LogP contribution in [0.5, 0.6) is 0 Å². The zero-order valence-corrected chi connectivity index (χ0v) is 11.1. The first-order valence-corrected chi connectivity index (χ1v) is 6.31. The van der Waals surface area contributed by atoms with Crippen molar-refractivity contribution < 1.29 is 0 Å². The van der Waals surface area contributed by atoms with Gasteiger partial charge in [-0.3, -0.25) is 4.98 Å². The van der Waals surface area contributed by atoms with Gasteiger partial charge in [-0.25, -0.2) is 4.98 Å². The van der Waals surface area contributed by atoms with E-state index in [0.717, 1.165) is 18.1 Å². The summed E-state index contributed by atoms with van der Waals surface area (Å²) in [5, 5.41) is 4.53. The molecule has 3 rings (SSSR count). The minimum absolute atomic E-state index is 0.748. The van der Waals surface area contributed by atoms with Gasteiger partial charge in [0.25, 0.3) is 0 Å². The molecule has 0 atom stereocenters. The standard InChI is InChI=1S/C15H16N4/c1-10-5-13-6-12(3-4-14(13)18-10)8-17-15-9-16-7-11(2)19-15/h3-7,9,18H,8H2,1-2H3,(H,17,19). The predicted molar refractivity (Wildman–Crippen MR) is 77.1 cm³/mol. The predicted octanol–water partition coefficient (Wildman–Crippen LogP) is 3.19. The maximum Gasteiger partial charge on any atom is 0.145 e. The number of hydrogen-bond acceptors (Lipinski definition) is 3. The molecule has 0 aliphatic rings. The highest BCUT2D eigenvalue weighted by Crippen LogP contribution is 2.17. The van der Waals surface area contributed by atoms with Gasteiger partial charge in [0.2, 0.25) is 0 Å². The zero-order valence-electron chi connectivity index (χ0n) is 11.1. The van der Waals surface area contributed by atoms with Crippen LogP contribution in [0, 0.1) is 13.8 Å². The van der Waals surface area contributed by atoms with Crippen LogP contribution in [-0.4, -0.2) is 15.0 Å². The van der Waals surface area contributed by atoms with E-state index in [1.165, 1.54) is 22.2 Å². The zero-order chi connectivity index (χ0) is 13.2. The number of nitrogens with zero attached hydrogens (tertiary/aromatic N) is 2. The Bertz CT molecular complexity index is 715. The smallest absolute Gasteiger partial charge is 0.145 e. The summed E-state index contributed by atoms with van der Waals surface area (Å²) in [6.07, 6.45) is 3.49. The molecule has 2 heterocycles. The normalized spacial score (nSPS) is 10.8. The van der Waals surface area contributed by atoms with Crippen molar-refractivity contribution in [3.63, 3.8) is 0 Å². The maximum atomic E-state index is 4.37. The molecule has 3 aromatic rings. The van der Waals surface area contributed by atoms with Gasteiger partial charge >= 0.3 is 0 Å². The van der Waals surface area contributed by atoms with E-state index in [-0.39, 0.29) is 0 Å². The Morgan fingerprint density at radius 2 is 2.05 bits per heavy atom. The number of benzene rings is 1. The Labute approximate surface area is 111 Å². The summed E-state index contributed by atoms with van der Waals surface area (Å²) in [5.41, 5.74) is 4.51. The first-order chi connectivity index (χ1) is 9.20. The number of H-pyrrole nitrogens is 1. The van der Waals surface area contributed by atoms with Crippen molar-refractivity contribution in [1.29, 1.82) is 0 Å². The fourth-order valence-electron chi connectivity index (χ4n) is 2.18. The maximum absolute atomic E-state index is 4.37. The molecule has 0 aliphatic heterocycles. The van der Waals surface area contributed by atoms with Crippen LogP contribution in [0.2, 0.25) is 0 Å². The number of aromatic nitrogens is 3. The lowest BCUT2D eigenvalue weighted by atomic mass is 10.1. The second kappa shape index (κ2) is 4.72. The van der Waals surface area contributed by atoms with Crippen LogP contribution < -0.4 is 5.32 Å². The summed E-state index contributed by atoms with van der Waals surface area (Å²) in [4.78, 5) is 11.8. The molecule has 0 unspecified atom stereocenters. The summed E-state index contributed by atoms with van der Waals surface area (Å²) in [5.74, 6) is 0.811. The van der Waals surface area contributed by atoms with Crippen LogP contribution >= 0.6 is 0 Å². The van der Waals surface area contributed by atoms with E-state index < -0.39 is 0 Å². The van der Waals surface area contributed by atoms with Crippen molar-refractivity contribution in [2.45, 2.75) is 20.4 Å². The minimum Gasteiger partial charge on any atom is -0.365 e. The van der Waals surface area contributed by atoms with Crippen molar-refractivity contribution in [2.75, 3.05) is 5.32 Å². The molecule has 2 aromatic heterocycles. The summed E-state index contributed by atoms with van der Waals surface area (Å²) < 4.78 is 0. The molecule has 0 bridgehead atoms. The van der Waals surface area contributed by atoms with Gasteiger partial charge in [-0.15, -0.1) is 0 Å².